The molecule has 1 rings (SSSR count). The highest BCUT2D eigenvalue weighted by atomic mass is 79.9. The summed E-state index contributed by atoms with van der Waals surface area (Å²) in [5.41, 5.74) is -0.775. The van der Waals surface area contributed by atoms with E-state index in [1.54, 1.807) is 0 Å². The number of hydrogen-bond donors (Lipinski definition) is 2. The monoisotopic (exact) mass is 334 g/mol. The Morgan fingerprint density at radius 2 is 2.05 bits per heavy atom. The molecule has 0 fully saturated rings. The predicted molar refractivity (Wildman–Crippen MR) is 69.5 cm³/mol. The van der Waals surface area contributed by atoms with E-state index in [1.807, 2.05) is 0 Å². The van der Waals surface area contributed by atoms with E-state index in [9.17, 15) is 18.0 Å². The lowest BCUT2D eigenvalue weighted by atomic mass is 10.2. The van der Waals surface area contributed by atoms with Crippen molar-refractivity contribution in [1.82, 2.24) is 5.32 Å². The topological polar surface area (TPSA) is 41.1 Å². The fourth-order valence-corrected chi connectivity index (χ4v) is 1.77. The first-order chi connectivity index (χ1) is 8.82. The summed E-state index contributed by atoms with van der Waals surface area (Å²) in [4.78, 5) is 11.4. The van der Waals surface area contributed by atoms with Gasteiger partial charge in [-0.1, -0.05) is 21.9 Å². The van der Waals surface area contributed by atoms with Crippen molar-refractivity contribution < 1.29 is 18.0 Å². The minimum atomic E-state index is -4.47. The van der Waals surface area contributed by atoms with Gasteiger partial charge in [0.05, 0.1) is 18.7 Å². The van der Waals surface area contributed by atoms with E-state index in [1.165, 1.54) is 6.07 Å². The molecule has 0 aliphatic carbocycles. The summed E-state index contributed by atoms with van der Waals surface area (Å²) in [7, 11) is 0. The standard InChI is InChI=1S/C12H10BrF3N2O/c1-2-3-17-7-11(19)18-10-5-8(12(14,15)16)4-9(13)6-10/h1,4-6,17H,3,7H2,(H,18,19). The highest BCUT2D eigenvalue weighted by Gasteiger charge is 2.31. The first-order valence-electron chi connectivity index (χ1n) is 5.14. The lowest BCUT2D eigenvalue weighted by Crippen LogP contribution is -2.28. The second-order valence-corrected chi connectivity index (χ2v) is 4.50. The molecule has 1 aromatic carbocycles. The summed E-state index contributed by atoms with van der Waals surface area (Å²) in [6, 6.07) is 3.18. The maximum absolute atomic E-state index is 12.6. The Labute approximate surface area is 116 Å². The lowest BCUT2D eigenvalue weighted by molar-refractivity contribution is -0.137. The number of halogens is 4. The van der Waals surface area contributed by atoms with Gasteiger partial charge in [0.25, 0.3) is 0 Å². The first kappa shape index (κ1) is 15.5. The fraction of sp³-hybridized carbons (Fsp3) is 0.250. The highest BCUT2D eigenvalue weighted by molar-refractivity contribution is 9.10. The van der Waals surface area contributed by atoms with Gasteiger partial charge in [-0.2, -0.15) is 13.2 Å². The van der Waals surface area contributed by atoms with Crippen LogP contribution in [-0.2, 0) is 11.0 Å². The molecule has 7 heteroatoms. The summed E-state index contributed by atoms with van der Waals surface area (Å²) in [5.74, 6) is 1.81. The number of terminal acetylenes is 1. The zero-order chi connectivity index (χ0) is 14.5. The van der Waals surface area contributed by atoms with E-state index in [0.717, 1.165) is 12.1 Å². The first-order valence-corrected chi connectivity index (χ1v) is 5.94. The van der Waals surface area contributed by atoms with Crippen molar-refractivity contribution in [2.75, 3.05) is 18.4 Å². The maximum atomic E-state index is 12.6. The number of rotatable bonds is 4. The minimum Gasteiger partial charge on any atom is -0.325 e. The Balaban J connectivity index is 2.76. The molecule has 0 atom stereocenters. The van der Waals surface area contributed by atoms with E-state index in [2.05, 4.69) is 32.5 Å². The molecule has 3 nitrogen and oxygen atoms in total. The molecule has 0 bridgehead atoms. The molecular formula is C12H10BrF3N2O. The van der Waals surface area contributed by atoms with Crippen LogP contribution < -0.4 is 10.6 Å². The molecule has 0 saturated heterocycles. The summed E-state index contributed by atoms with van der Waals surface area (Å²) in [6.07, 6.45) is 0.512. The zero-order valence-corrected chi connectivity index (χ0v) is 11.2. The summed E-state index contributed by atoms with van der Waals surface area (Å²) in [6.45, 7) is 0.137. The van der Waals surface area contributed by atoms with Gasteiger partial charge in [0.2, 0.25) is 5.91 Å². The molecule has 2 N–H and O–H groups in total. The number of amides is 1. The lowest BCUT2D eigenvalue weighted by Gasteiger charge is -2.11. The van der Waals surface area contributed by atoms with Crippen molar-refractivity contribution in [3.8, 4) is 12.3 Å². The third-order valence-corrected chi connectivity index (χ3v) is 2.48. The molecule has 0 unspecified atom stereocenters. The Bertz CT molecular complexity index is 509. The normalized spacial score (nSPS) is 10.9. The van der Waals surface area contributed by atoms with Gasteiger partial charge in [0.15, 0.2) is 0 Å². The summed E-state index contributed by atoms with van der Waals surface area (Å²) >= 11 is 2.97. The summed E-state index contributed by atoms with van der Waals surface area (Å²) in [5, 5.41) is 4.99. The molecule has 1 amide bonds. The van der Waals surface area contributed by atoms with Crippen molar-refractivity contribution in [3.05, 3.63) is 28.2 Å². The van der Waals surface area contributed by atoms with Crippen LogP contribution in [0.1, 0.15) is 5.56 Å². The van der Waals surface area contributed by atoms with Gasteiger partial charge in [-0.15, -0.1) is 6.42 Å². The van der Waals surface area contributed by atoms with Gasteiger partial charge in [-0.05, 0) is 18.2 Å². The third kappa shape index (κ3) is 5.32. The minimum absolute atomic E-state index is 0.0641. The molecule has 0 aliphatic heterocycles. The van der Waals surface area contributed by atoms with Crippen LogP contribution >= 0.6 is 15.9 Å². The number of benzene rings is 1. The number of carbonyl (C=O) groups is 1. The number of anilines is 1. The molecular weight excluding hydrogens is 325 g/mol. The Hall–Kier alpha value is -1.52. The quantitative estimate of drug-likeness (QED) is 0.656. The maximum Gasteiger partial charge on any atom is 0.416 e. The predicted octanol–water partition coefficient (Wildman–Crippen LogP) is 2.63. The smallest absolute Gasteiger partial charge is 0.325 e. The highest BCUT2D eigenvalue weighted by Crippen LogP contribution is 2.33. The number of nitrogens with one attached hydrogen (secondary N) is 2. The van der Waals surface area contributed by atoms with Crippen LogP contribution in [0.3, 0.4) is 0 Å². The Morgan fingerprint density at radius 1 is 1.37 bits per heavy atom. The number of hydrogen-bond acceptors (Lipinski definition) is 2. The SMILES string of the molecule is C#CCNCC(=O)Nc1cc(Br)cc(C(F)(F)F)c1. The number of carbonyl (C=O) groups excluding carboxylic acids is 1. The van der Waals surface area contributed by atoms with Gasteiger partial charge in [0, 0.05) is 10.2 Å². The number of alkyl halides is 3. The average molecular weight is 335 g/mol. The van der Waals surface area contributed by atoms with Crippen molar-refractivity contribution in [3.63, 3.8) is 0 Å². The van der Waals surface area contributed by atoms with Crippen LogP contribution in [0.2, 0.25) is 0 Å². The van der Waals surface area contributed by atoms with E-state index < -0.39 is 17.6 Å². The van der Waals surface area contributed by atoms with E-state index in [4.69, 9.17) is 6.42 Å². The van der Waals surface area contributed by atoms with Crippen molar-refractivity contribution >= 4 is 27.5 Å². The molecule has 0 saturated carbocycles. The van der Waals surface area contributed by atoms with Crippen molar-refractivity contribution in [1.29, 1.82) is 0 Å². The van der Waals surface area contributed by atoms with E-state index >= 15 is 0 Å². The second kappa shape index (κ2) is 6.59. The van der Waals surface area contributed by atoms with Gasteiger partial charge < -0.3 is 5.32 Å². The van der Waals surface area contributed by atoms with Crippen LogP contribution in [0.5, 0.6) is 0 Å². The molecule has 19 heavy (non-hydrogen) atoms. The van der Waals surface area contributed by atoms with E-state index in [0.29, 0.717) is 0 Å². The van der Waals surface area contributed by atoms with Crippen LogP contribution in [0.25, 0.3) is 0 Å². The van der Waals surface area contributed by atoms with Crippen LogP contribution in [0.4, 0.5) is 18.9 Å². The van der Waals surface area contributed by atoms with Gasteiger partial charge in [-0.3, -0.25) is 10.1 Å². The Morgan fingerprint density at radius 3 is 2.63 bits per heavy atom. The summed E-state index contributed by atoms with van der Waals surface area (Å²) < 4.78 is 37.9. The largest absolute Gasteiger partial charge is 0.416 e. The van der Waals surface area contributed by atoms with Crippen LogP contribution in [0, 0.1) is 12.3 Å². The molecule has 1 aromatic rings. The van der Waals surface area contributed by atoms with Crippen molar-refractivity contribution in [2.24, 2.45) is 0 Å². The fourth-order valence-electron chi connectivity index (χ4n) is 1.28. The Kier molecular flexibility index (Phi) is 5.39. The van der Waals surface area contributed by atoms with E-state index in [-0.39, 0.29) is 23.2 Å². The second-order valence-electron chi connectivity index (χ2n) is 3.58. The van der Waals surface area contributed by atoms with Gasteiger partial charge in [0.1, 0.15) is 0 Å². The van der Waals surface area contributed by atoms with Crippen molar-refractivity contribution in [2.45, 2.75) is 6.18 Å². The molecule has 0 aliphatic rings. The van der Waals surface area contributed by atoms with Crippen LogP contribution in [0.15, 0.2) is 22.7 Å². The third-order valence-electron chi connectivity index (χ3n) is 2.02. The molecule has 102 valence electrons. The molecule has 0 heterocycles. The van der Waals surface area contributed by atoms with Gasteiger partial charge in [-0.25, -0.2) is 0 Å². The molecule has 0 aromatic heterocycles. The average Bonchev–Trinajstić information content (AvgIpc) is 2.27. The zero-order valence-electron chi connectivity index (χ0n) is 9.64. The molecule has 0 spiro atoms. The molecule has 0 radical (unpaired) electrons. The van der Waals surface area contributed by atoms with Crippen LogP contribution in [-0.4, -0.2) is 19.0 Å². The van der Waals surface area contributed by atoms with Gasteiger partial charge >= 0.3 is 6.18 Å².